The van der Waals surface area contributed by atoms with E-state index in [0.717, 1.165) is 18.6 Å². The van der Waals surface area contributed by atoms with Crippen molar-refractivity contribution in [3.8, 4) is 5.75 Å². The van der Waals surface area contributed by atoms with Gasteiger partial charge in [-0.2, -0.15) is 0 Å². The number of nitrogens with zero attached hydrogens (tertiary/aromatic N) is 1. The summed E-state index contributed by atoms with van der Waals surface area (Å²) in [5.41, 5.74) is 10.0. The molecule has 0 aliphatic rings. The van der Waals surface area contributed by atoms with Crippen molar-refractivity contribution in [3.63, 3.8) is 0 Å². The van der Waals surface area contributed by atoms with Gasteiger partial charge in [-0.1, -0.05) is 24.3 Å². The molecule has 2 rings (SSSR count). The predicted molar refractivity (Wildman–Crippen MR) is 93.8 cm³/mol. The maximum absolute atomic E-state index is 6.31. The molecule has 0 spiro atoms. The van der Waals surface area contributed by atoms with Gasteiger partial charge in [0.15, 0.2) is 0 Å². The fourth-order valence-corrected chi connectivity index (χ4v) is 2.54. The van der Waals surface area contributed by atoms with Crippen molar-refractivity contribution >= 4 is 5.69 Å². The zero-order chi connectivity index (χ0) is 15.9. The number of benzene rings is 2. The molecule has 0 saturated carbocycles. The van der Waals surface area contributed by atoms with Gasteiger partial charge in [0.05, 0.1) is 6.61 Å². The Bertz CT molecular complexity index is 578. The summed E-state index contributed by atoms with van der Waals surface area (Å²) >= 11 is 0. The maximum atomic E-state index is 6.31. The standard InChI is InChI=1S/C19H26N2O/c1-4-22-19-7-5-6-16(14-19)13-17(20)12-15-8-10-18(11-9-15)21(2)3/h5-11,14,17H,4,12-13,20H2,1-3H3. The van der Waals surface area contributed by atoms with Crippen molar-refractivity contribution in [1.82, 2.24) is 0 Å². The molecule has 0 heterocycles. The Morgan fingerprint density at radius 3 is 2.32 bits per heavy atom. The molecule has 2 aromatic carbocycles. The van der Waals surface area contributed by atoms with Gasteiger partial charge >= 0.3 is 0 Å². The van der Waals surface area contributed by atoms with Gasteiger partial charge in [0.1, 0.15) is 5.75 Å². The molecule has 118 valence electrons. The van der Waals surface area contributed by atoms with Crippen molar-refractivity contribution in [2.24, 2.45) is 5.73 Å². The Morgan fingerprint density at radius 1 is 1.00 bits per heavy atom. The highest BCUT2D eigenvalue weighted by atomic mass is 16.5. The zero-order valence-electron chi connectivity index (χ0n) is 13.8. The van der Waals surface area contributed by atoms with E-state index in [9.17, 15) is 0 Å². The summed E-state index contributed by atoms with van der Waals surface area (Å²) in [4.78, 5) is 2.10. The first kappa shape index (κ1) is 16.4. The monoisotopic (exact) mass is 298 g/mol. The summed E-state index contributed by atoms with van der Waals surface area (Å²) in [5, 5.41) is 0. The Kier molecular flexibility index (Phi) is 5.84. The molecule has 0 aliphatic heterocycles. The first-order valence-corrected chi connectivity index (χ1v) is 7.82. The molecule has 2 aromatic rings. The molecule has 0 aliphatic carbocycles. The third-order valence-corrected chi connectivity index (χ3v) is 3.66. The molecule has 0 saturated heterocycles. The van der Waals surface area contributed by atoms with E-state index in [2.05, 4.69) is 41.3 Å². The third kappa shape index (κ3) is 4.78. The molecule has 0 radical (unpaired) electrons. The average molecular weight is 298 g/mol. The van der Waals surface area contributed by atoms with Crippen LogP contribution in [-0.4, -0.2) is 26.7 Å². The van der Waals surface area contributed by atoms with Gasteiger partial charge in [-0.25, -0.2) is 0 Å². The number of nitrogens with two attached hydrogens (primary N) is 1. The first-order chi connectivity index (χ1) is 10.6. The molecule has 3 nitrogen and oxygen atoms in total. The van der Waals surface area contributed by atoms with Crippen LogP contribution in [-0.2, 0) is 12.8 Å². The first-order valence-electron chi connectivity index (χ1n) is 7.82. The summed E-state index contributed by atoms with van der Waals surface area (Å²) in [6.45, 7) is 2.68. The molecule has 0 bridgehead atoms. The van der Waals surface area contributed by atoms with Crippen LogP contribution < -0.4 is 15.4 Å². The van der Waals surface area contributed by atoms with Crippen molar-refractivity contribution < 1.29 is 4.74 Å². The SMILES string of the molecule is CCOc1cccc(CC(N)Cc2ccc(N(C)C)cc2)c1. The molecular weight excluding hydrogens is 272 g/mol. The highest BCUT2D eigenvalue weighted by Gasteiger charge is 2.07. The number of ether oxygens (including phenoxy) is 1. The van der Waals surface area contributed by atoms with E-state index >= 15 is 0 Å². The predicted octanol–water partition coefficient (Wildman–Crippen LogP) is 3.26. The van der Waals surface area contributed by atoms with Crippen molar-refractivity contribution in [1.29, 1.82) is 0 Å². The fourth-order valence-electron chi connectivity index (χ4n) is 2.54. The fraction of sp³-hybridized carbons (Fsp3) is 0.368. The number of hydrogen-bond donors (Lipinski definition) is 1. The molecule has 0 aromatic heterocycles. The lowest BCUT2D eigenvalue weighted by molar-refractivity contribution is 0.340. The largest absolute Gasteiger partial charge is 0.494 e. The second-order valence-corrected chi connectivity index (χ2v) is 5.81. The van der Waals surface area contributed by atoms with Crippen LogP contribution in [0.4, 0.5) is 5.69 Å². The number of rotatable bonds is 7. The average Bonchev–Trinajstić information content (AvgIpc) is 2.48. The van der Waals surface area contributed by atoms with Crippen molar-refractivity contribution in [2.75, 3.05) is 25.6 Å². The minimum absolute atomic E-state index is 0.113. The third-order valence-electron chi connectivity index (χ3n) is 3.66. The molecular formula is C19H26N2O. The Labute approximate surface area is 133 Å². The Balaban J connectivity index is 1.94. The van der Waals surface area contributed by atoms with E-state index in [1.165, 1.54) is 16.8 Å². The van der Waals surface area contributed by atoms with Crippen molar-refractivity contribution in [3.05, 3.63) is 59.7 Å². The summed E-state index contributed by atoms with van der Waals surface area (Å²) in [6.07, 6.45) is 1.74. The van der Waals surface area contributed by atoms with Gasteiger partial charge in [0.25, 0.3) is 0 Å². The van der Waals surface area contributed by atoms with Crippen LogP contribution in [0.1, 0.15) is 18.1 Å². The summed E-state index contributed by atoms with van der Waals surface area (Å²) < 4.78 is 5.54. The van der Waals surface area contributed by atoms with Crippen LogP contribution in [0, 0.1) is 0 Å². The summed E-state index contributed by atoms with van der Waals surface area (Å²) in [7, 11) is 4.10. The smallest absolute Gasteiger partial charge is 0.119 e. The number of hydrogen-bond acceptors (Lipinski definition) is 3. The second kappa shape index (κ2) is 7.85. The lowest BCUT2D eigenvalue weighted by Crippen LogP contribution is -2.25. The molecule has 3 heteroatoms. The summed E-state index contributed by atoms with van der Waals surface area (Å²) in [6, 6.07) is 16.9. The molecule has 0 amide bonds. The lowest BCUT2D eigenvalue weighted by Gasteiger charge is -2.15. The van der Waals surface area contributed by atoms with Crippen LogP contribution in [0.15, 0.2) is 48.5 Å². The quantitative estimate of drug-likeness (QED) is 0.852. The minimum Gasteiger partial charge on any atom is -0.494 e. The van der Waals surface area contributed by atoms with Gasteiger partial charge in [0.2, 0.25) is 0 Å². The van der Waals surface area contributed by atoms with Crippen LogP contribution in [0.5, 0.6) is 5.75 Å². The highest BCUT2D eigenvalue weighted by molar-refractivity contribution is 5.46. The van der Waals surface area contributed by atoms with Gasteiger partial charge in [-0.3, -0.25) is 0 Å². The molecule has 1 unspecified atom stereocenters. The minimum atomic E-state index is 0.113. The molecule has 22 heavy (non-hydrogen) atoms. The van der Waals surface area contributed by atoms with Crippen LogP contribution in [0.3, 0.4) is 0 Å². The topological polar surface area (TPSA) is 38.5 Å². The van der Waals surface area contributed by atoms with Crippen molar-refractivity contribution in [2.45, 2.75) is 25.8 Å². The zero-order valence-corrected chi connectivity index (χ0v) is 13.8. The molecule has 2 N–H and O–H groups in total. The van der Waals surface area contributed by atoms with E-state index in [1.54, 1.807) is 0 Å². The summed E-state index contributed by atoms with van der Waals surface area (Å²) in [5.74, 6) is 0.919. The maximum Gasteiger partial charge on any atom is 0.119 e. The van der Waals surface area contributed by atoms with Gasteiger partial charge in [0, 0.05) is 25.8 Å². The van der Waals surface area contributed by atoms with E-state index < -0.39 is 0 Å². The normalized spacial score (nSPS) is 12.0. The second-order valence-electron chi connectivity index (χ2n) is 5.81. The van der Waals surface area contributed by atoms with Gasteiger partial charge in [-0.15, -0.1) is 0 Å². The van der Waals surface area contributed by atoms with E-state index in [4.69, 9.17) is 10.5 Å². The van der Waals surface area contributed by atoms with Gasteiger partial charge in [-0.05, 0) is 55.2 Å². The van der Waals surface area contributed by atoms with E-state index in [1.807, 2.05) is 33.2 Å². The number of anilines is 1. The van der Waals surface area contributed by atoms with E-state index in [-0.39, 0.29) is 6.04 Å². The molecule has 1 atom stereocenters. The van der Waals surface area contributed by atoms with Crippen LogP contribution in [0.25, 0.3) is 0 Å². The Hall–Kier alpha value is -2.00. The lowest BCUT2D eigenvalue weighted by atomic mass is 9.99. The van der Waals surface area contributed by atoms with Gasteiger partial charge < -0.3 is 15.4 Å². The highest BCUT2D eigenvalue weighted by Crippen LogP contribution is 2.17. The van der Waals surface area contributed by atoms with Crippen LogP contribution >= 0.6 is 0 Å². The van der Waals surface area contributed by atoms with E-state index in [0.29, 0.717) is 6.61 Å². The molecule has 0 fully saturated rings. The van der Waals surface area contributed by atoms with Crippen LogP contribution in [0.2, 0.25) is 0 Å². The Morgan fingerprint density at radius 2 is 1.68 bits per heavy atom.